The van der Waals surface area contributed by atoms with Gasteiger partial charge in [0.05, 0.1) is 11.2 Å². The van der Waals surface area contributed by atoms with E-state index in [1.165, 1.54) is 0 Å². The monoisotopic (exact) mass is 280 g/mol. The van der Waals surface area contributed by atoms with E-state index < -0.39 is 0 Å². The molecule has 1 aliphatic heterocycles. The molecule has 0 saturated carbocycles. The molecule has 1 aliphatic rings. The zero-order chi connectivity index (χ0) is 13.9. The Bertz CT molecular complexity index is 497. The Morgan fingerprint density at radius 1 is 1.58 bits per heavy atom. The minimum Gasteiger partial charge on any atom is -0.489 e. The van der Waals surface area contributed by atoms with Gasteiger partial charge in [-0.25, -0.2) is 0 Å². The highest BCUT2D eigenvalue weighted by atomic mass is 35.5. The van der Waals surface area contributed by atoms with Crippen molar-refractivity contribution in [3.8, 4) is 11.8 Å². The van der Waals surface area contributed by atoms with Crippen LogP contribution in [-0.4, -0.2) is 31.4 Å². The van der Waals surface area contributed by atoms with Crippen molar-refractivity contribution < 1.29 is 9.47 Å². The summed E-state index contributed by atoms with van der Waals surface area (Å²) in [5, 5.41) is 12.9. The fraction of sp³-hybridized carbons (Fsp3) is 0.500. The van der Waals surface area contributed by atoms with Crippen molar-refractivity contribution >= 4 is 11.6 Å². The molecule has 1 saturated heterocycles. The maximum absolute atomic E-state index is 9.03. The first-order valence-corrected chi connectivity index (χ1v) is 6.59. The molecule has 1 fully saturated rings. The number of halogens is 1. The van der Waals surface area contributed by atoms with Gasteiger partial charge in [0.15, 0.2) is 0 Å². The zero-order valence-electron chi connectivity index (χ0n) is 11.1. The molecule has 1 atom stereocenters. The zero-order valence-corrected chi connectivity index (χ0v) is 11.8. The first-order chi connectivity index (χ1) is 9.00. The predicted octanol–water partition coefficient (Wildman–Crippen LogP) is 2.36. The third-order valence-corrected chi connectivity index (χ3v) is 3.13. The van der Waals surface area contributed by atoms with E-state index in [0.29, 0.717) is 22.9 Å². The van der Waals surface area contributed by atoms with Crippen LogP contribution in [0.2, 0.25) is 5.02 Å². The molecule has 0 amide bonds. The summed E-state index contributed by atoms with van der Waals surface area (Å²) in [6.07, 6.45) is -0.0222. The first-order valence-electron chi connectivity index (χ1n) is 6.21. The van der Waals surface area contributed by atoms with Crippen LogP contribution in [0.15, 0.2) is 18.2 Å². The number of rotatable bonds is 3. The SMILES string of the molecule is CC1(C)CNCC(COc2ccc(Cl)cc2C#N)O1. The van der Waals surface area contributed by atoms with Gasteiger partial charge in [-0.2, -0.15) is 5.26 Å². The van der Waals surface area contributed by atoms with Crippen LogP contribution in [0.3, 0.4) is 0 Å². The molecular formula is C14H17ClN2O2. The van der Waals surface area contributed by atoms with E-state index in [1.54, 1.807) is 18.2 Å². The van der Waals surface area contributed by atoms with E-state index >= 15 is 0 Å². The lowest BCUT2D eigenvalue weighted by molar-refractivity contribution is -0.107. The van der Waals surface area contributed by atoms with E-state index in [4.69, 9.17) is 26.3 Å². The third kappa shape index (κ3) is 3.84. The smallest absolute Gasteiger partial charge is 0.137 e. The lowest BCUT2D eigenvalue weighted by Gasteiger charge is -2.36. The van der Waals surface area contributed by atoms with Gasteiger partial charge < -0.3 is 14.8 Å². The molecule has 4 nitrogen and oxygen atoms in total. The second-order valence-corrected chi connectivity index (χ2v) is 5.63. The molecule has 0 radical (unpaired) electrons. The lowest BCUT2D eigenvalue weighted by Crippen LogP contribution is -2.52. The van der Waals surface area contributed by atoms with Crippen molar-refractivity contribution in [1.82, 2.24) is 5.32 Å². The summed E-state index contributed by atoms with van der Waals surface area (Å²) in [5.74, 6) is 0.541. The number of nitriles is 1. The Morgan fingerprint density at radius 3 is 3.05 bits per heavy atom. The van der Waals surface area contributed by atoms with Crippen LogP contribution >= 0.6 is 11.6 Å². The molecule has 102 valence electrons. The van der Waals surface area contributed by atoms with Crippen LogP contribution in [0.5, 0.6) is 5.75 Å². The number of nitrogens with zero attached hydrogens (tertiary/aromatic N) is 1. The highest BCUT2D eigenvalue weighted by Gasteiger charge is 2.28. The second-order valence-electron chi connectivity index (χ2n) is 5.19. The Hall–Kier alpha value is -1.28. The van der Waals surface area contributed by atoms with Crippen LogP contribution < -0.4 is 10.1 Å². The van der Waals surface area contributed by atoms with E-state index in [9.17, 15) is 0 Å². The van der Waals surface area contributed by atoms with E-state index in [2.05, 4.69) is 11.4 Å². The second kappa shape index (κ2) is 5.79. The highest BCUT2D eigenvalue weighted by molar-refractivity contribution is 6.30. The average molecular weight is 281 g/mol. The van der Waals surface area contributed by atoms with Crippen molar-refractivity contribution in [3.63, 3.8) is 0 Å². The van der Waals surface area contributed by atoms with Gasteiger partial charge in [-0.1, -0.05) is 11.6 Å². The van der Waals surface area contributed by atoms with Gasteiger partial charge >= 0.3 is 0 Å². The Balaban J connectivity index is 1.97. The fourth-order valence-electron chi connectivity index (χ4n) is 2.06. The summed E-state index contributed by atoms with van der Waals surface area (Å²) in [6, 6.07) is 7.09. The molecule has 1 N–H and O–H groups in total. The highest BCUT2D eigenvalue weighted by Crippen LogP contribution is 2.23. The molecule has 0 aliphatic carbocycles. The largest absolute Gasteiger partial charge is 0.489 e. The van der Waals surface area contributed by atoms with E-state index in [0.717, 1.165) is 13.1 Å². The van der Waals surface area contributed by atoms with E-state index in [1.807, 2.05) is 13.8 Å². The van der Waals surface area contributed by atoms with Crippen LogP contribution in [0.25, 0.3) is 0 Å². The Kier molecular flexibility index (Phi) is 4.31. The molecule has 1 unspecified atom stereocenters. The number of nitrogens with one attached hydrogen (secondary N) is 1. The van der Waals surface area contributed by atoms with Crippen molar-refractivity contribution in [2.24, 2.45) is 0 Å². The maximum atomic E-state index is 9.03. The molecule has 1 aromatic rings. The number of hydrogen-bond acceptors (Lipinski definition) is 4. The minimum atomic E-state index is -0.190. The van der Waals surface area contributed by atoms with Crippen molar-refractivity contribution in [2.75, 3.05) is 19.7 Å². The normalized spacial score (nSPS) is 21.7. The van der Waals surface area contributed by atoms with E-state index in [-0.39, 0.29) is 11.7 Å². The predicted molar refractivity (Wildman–Crippen MR) is 73.5 cm³/mol. The van der Waals surface area contributed by atoms with Crippen LogP contribution in [0, 0.1) is 11.3 Å². The summed E-state index contributed by atoms with van der Waals surface area (Å²) < 4.78 is 11.6. The van der Waals surface area contributed by atoms with Crippen LogP contribution in [0.1, 0.15) is 19.4 Å². The quantitative estimate of drug-likeness (QED) is 0.923. The topological polar surface area (TPSA) is 54.3 Å². The molecule has 5 heteroatoms. The molecule has 19 heavy (non-hydrogen) atoms. The van der Waals surface area contributed by atoms with Crippen LogP contribution in [0.4, 0.5) is 0 Å². The number of ether oxygens (including phenoxy) is 2. The van der Waals surface area contributed by atoms with Gasteiger partial charge in [-0.15, -0.1) is 0 Å². The van der Waals surface area contributed by atoms with Gasteiger partial charge in [0.25, 0.3) is 0 Å². The molecule has 1 aromatic carbocycles. The maximum Gasteiger partial charge on any atom is 0.137 e. The summed E-state index contributed by atoms with van der Waals surface area (Å²) in [7, 11) is 0. The number of hydrogen-bond donors (Lipinski definition) is 1. The van der Waals surface area contributed by atoms with Gasteiger partial charge in [0.2, 0.25) is 0 Å². The molecule has 0 spiro atoms. The number of morpholine rings is 1. The van der Waals surface area contributed by atoms with Gasteiger partial charge in [-0.3, -0.25) is 0 Å². The van der Waals surface area contributed by atoms with Crippen molar-refractivity contribution in [2.45, 2.75) is 25.6 Å². The minimum absolute atomic E-state index is 0.0222. The standard InChI is InChI=1S/C14H17ClN2O2/c1-14(2)9-17-7-12(19-14)8-18-13-4-3-11(15)5-10(13)6-16/h3-5,12,17H,7-9H2,1-2H3. The van der Waals surface area contributed by atoms with Gasteiger partial charge in [0, 0.05) is 18.1 Å². The van der Waals surface area contributed by atoms with Crippen molar-refractivity contribution in [3.05, 3.63) is 28.8 Å². The molecule has 0 aromatic heterocycles. The van der Waals surface area contributed by atoms with Gasteiger partial charge in [0.1, 0.15) is 24.5 Å². The summed E-state index contributed by atoms with van der Waals surface area (Å²) in [4.78, 5) is 0. The third-order valence-electron chi connectivity index (χ3n) is 2.90. The Morgan fingerprint density at radius 2 is 2.37 bits per heavy atom. The summed E-state index contributed by atoms with van der Waals surface area (Å²) in [5.41, 5.74) is 0.250. The summed E-state index contributed by atoms with van der Waals surface area (Å²) >= 11 is 5.84. The van der Waals surface area contributed by atoms with Crippen molar-refractivity contribution in [1.29, 1.82) is 5.26 Å². The average Bonchev–Trinajstić information content (AvgIpc) is 2.36. The molecular weight excluding hydrogens is 264 g/mol. The Labute approximate surface area is 118 Å². The first kappa shape index (κ1) is 14.1. The van der Waals surface area contributed by atoms with Gasteiger partial charge in [-0.05, 0) is 32.0 Å². The molecule has 0 bridgehead atoms. The number of benzene rings is 1. The van der Waals surface area contributed by atoms with Crippen LogP contribution in [-0.2, 0) is 4.74 Å². The lowest BCUT2D eigenvalue weighted by atomic mass is 10.1. The molecule has 2 rings (SSSR count). The fourth-order valence-corrected chi connectivity index (χ4v) is 2.23. The summed E-state index contributed by atoms with van der Waals surface area (Å²) in [6.45, 7) is 6.06. The molecule has 1 heterocycles.